The van der Waals surface area contributed by atoms with Gasteiger partial charge in [-0.2, -0.15) is 0 Å². The molecule has 0 aromatic heterocycles. The third-order valence-electron chi connectivity index (χ3n) is 1.94. The fourth-order valence-corrected chi connectivity index (χ4v) is 1.03. The summed E-state index contributed by atoms with van der Waals surface area (Å²) in [7, 11) is 3.84. The van der Waals surface area contributed by atoms with Gasteiger partial charge in [0.2, 0.25) is 0 Å². The van der Waals surface area contributed by atoms with Crippen LogP contribution in [0, 0.1) is 0 Å². The lowest BCUT2D eigenvalue weighted by molar-refractivity contribution is 0.0850. The molecule has 0 bridgehead atoms. The minimum absolute atomic E-state index is 0.297. The molecule has 0 aliphatic rings. The largest absolute Gasteiger partial charge is 0.380 e. The maximum Gasteiger partial charge on any atom is 0.0669 e. The third kappa shape index (κ3) is 6.58. The summed E-state index contributed by atoms with van der Waals surface area (Å²) in [4.78, 5) is 2.25. The predicted molar refractivity (Wildman–Crippen MR) is 52.2 cm³/mol. The van der Waals surface area contributed by atoms with Crippen LogP contribution < -0.4 is 5.73 Å². The number of hydrogen-bond acceptors (Lipinski definition) is 3. The first-order valence-electron chi connectivity index (χ1n) is 4.53. The molecule has 0 rings (SSSR count). The summed E-state index contributed by atoms with van der Waals surface area (Å²) >= 11 is 0. The minimum atomic E-state index is 0.297. The summed E-state index contributed by atoms with van der Waals surface area (Å²) in [6.07, 6.45) is 1.36. The van der Waals surface area contributed by atoms with Crippen LogP contribution in [0.4, 0.5) is 0 Å². The molecule has 74 valence electrons. The summed E-state index contributed by atoms with van der Waals surface area (Å²) in [5, 5.41) is 0. The second-order valence-electron chi connectivity index (χ2n) is 3.57. The summed E-state index contributed by atoms with van der Waals surface area (Å²) in [5.41, 5.74) is 5.65. The lowest BCUT2D eigenvalue weighted by atomic mass is 10.2. The van der Waals surface area contributed by atoms with Gasteiger partial charge in [-0.05, 0) is 33.9 Å². The second kappa shape index (κ2) is 6.40. The first-order chi connectivity index (χ1) is 5.56. The van der Waals surface area contributed by atoms with E-state index in [0.717, 1.165) is 19.5 Å². The average molecular weight is 174 g/mol. The van der Waals surface area contributed by atoms with E-state index in [9.17, 15) is 0 Å². The number of rotatable bonds is 6. The van der Waals surface area contributed by atoms with Crippen LogP contribution in [0.5, 0.6) is 0 Å². The van der Waals surface area contributed by atoms with Gasteiger partial charge in [0.1, 0.15) is 0 Å². The molecule has 0 aromatic carbocycles. The van der Waals surface area contributed by atoms with Gasteiger partial charge in [0.15, 0.2) is 0 Å². The van der Waals surface area contributed by atoms with Crippen LogP contribution in [-0.2, 0) is 4.74 Å². The van der Waals surface area contributed by atoms with E-state index in [0.29, 0.717) is 12.1 Å². The monoisotopic (exact) mass is 174 g/mol. The smallest absolute Gasteiger partial charge is 0.0669 e. The number of hydrogen-bond donors (Lipinski definition) is 1. The number of nitrogens with zero attached hydrogens (tertiary/aromatic N) is 1. The molecule has 3 heteroatoms. The Kier molecular flexibility index (Phi) is 6.34. The van der Waals surface area contributed by atoms with E-state index in [1.807, 2.05) is 6.92 Å². The van der Waals surface area contributed by atoms with Gasteiger partial charge in [-0.15, -0.1) is 0 Å². The molecule has 0 aliphatic carbocycles. The van der Waals surface area contributed by atoms with Gasteiger partial charge in [0, 0.05) is 19.7 Å². The Labute approximate surface area is 75.9 Å². The van der Waals surface area contributed by atoms with Gasteiger partial charge in [0.25, 0.3) is 0 Å². The first-order valence-corrected chi connectivity index (χ1v) is 4.53. The summed E-state index contributed by atoms with van der Waals surface area (Å²) in [6.45, 7) is 6.13. The Hall–Kier alpha value is -0.120. The van der Waals surface area contributed by atoms with Crippen LogP contribution in [-0.4, -0.2) is 44.3 Å². The predicted octanol–water partition coefficient (Wildman–Crippen LogP) is 0.690. The fourth-order valence-electron chi connectivity index (χ4n) is 1.03. The van der Waals surface area contributed by atoms with Crippen LogP contribution in [0.3, 0.4) is 0 Å². The van der Waals surface area contributed by atoms with E-state index in [1.54, 1.807) is 7.11 Å². The van der Waals surface area contributed by atoms with Crippen molar-refractivity contribution in [3.63, 3.8) is 0 Å². The molecular formula is C9H22N2O. The van der Waals surface area contributed by atoms with Crippen molar-refractivity contribution < 1.29 is 4.74 Å². The van der Waals surface area contributed by atoms with E-state index >= 15 is 0 Å². The van der Waals surface area contributed by atoms with E-state index in [2.05, 4.69) is 18.9 Å². The van der Waals surface area contributed by atoms with Crippen molar-refractivity contribution >= 4 is 0 Å². The van der Waals surface area contributed by atoms with Gasteiger partial charge < -0.3 is 15.4 Å². The highest BCUT2D eigenvalue weighted by Crippen LogP contribution is 1.95. The van der Waals surface area contributed by atoms with E-state index in [4.69, 9.17) is 10.5 Å². The Morgan fingerprint density at radius 1 is 1.42 bits per heavy atom. The topological polar surface area (TPSA) is 38.5 Å². The van der Waals surface area contributed by atoms with Gasteiger partial charge in [-0.3, -0.25) is 0 Å². The molecule has 3 nitrogen and oxygen atoms in total. The quantitative estimate of drug-likeness (QED) is 0.644. The van der Waals surface area contributed by atoms with Gasteiger partial charge in [-0.1, -0.05) is 0 Å². The fraction of sp³-hybridized carbons (Fsp3) is 1.00. The van der Waals surface area contributed by atoms with Gasteiger partial charge >= 0.3 is 0 Å². The average Bonchev–Trinajstić information content (AvgIpc) is 2.00. The van der Waals surface area contributed by atoms with E-state index in [1.165, 1.54) is 0 Å². The van der Waals surface area contributed by atoms with Crippen molar-refractivity contribution in [3.05, 3.63) is 0 Å². The van der Waals surface area contributed by atoms with Crippen molar-refractivity contribution in [2.24, 2.45) is 5.73 Å². The SMILES string of the molecule is COC(C)CN(C)CCC(C)N. The van der Waals surface area contributed by atoms with Gasteiger partial charge in [0.05, 0.1) is 6.10 Å². The number of methoxy groups -OCH3 is 1. The third-order valence-corrected chi connectivity index (χ3v) is 1.94. The maximum atomic E-state index is 5.65. The molecule has 2 unspecified atom stereocenters. The summed E-state index contributed by atoms with van der Waals surface area (Å²) < 4.78 is 5.15. The van der Waals surface area contributed by atoms with Crippen molar-refractivity contribution in [2.45, 2.75) is 32.4 Å². The van der Waals surface area contributed by atoms with Crippen LogP contribution >= 0.6 is 0 Å². The number of ether oxygens (including phenoxy) is 1. The zero-order chi connectivity index (χ0) is 9.56. The molecule has 0 saturated carbocycles. The number of nitrogens with two attached hydrogens (primary N) is 1. The van der Waals surface area contributed by atoms with Crippen molar-refractivity contribution in [2.75, 3.05) is 27.2 Å². The molecule has 0 aromatic rings. The molecule has 0 amide bonds. The van der Waals surface area contributed by atoms with Crippen LogP contribution in [0.2, 0.25) is 0 Å². The highest BCUT2D eigenvalue weighted by atomic mass is 16.5. The Morgan fingerprint density at radius 2 is 2.00 bits per heavy atom. The Bertz CT molecular complexity index is 107. The summed E-state index contributed by atoms with van der Waals surface area (Å²) in [6, 6.07) is 0.297. The minimum Gasteiger partial charge on any atom is -0.380 e. The van der Waals surface area contributed by atoms with Gasteiger partial charge in [-0.25, -0.2) is 0 Å². The molecule has 12 heavy (non-hydrogen) atoms. The Balaban J connectivity index is 3.39. The molecule has 0 saturated heterocycles. The zero-order valence-electron chi connectivity index (χ0n) is 8.71. The summed E-state index contributed by atoms with van der Waals surface area (Å²) in [5.74, 6) is 0. The maximum absolute atomic E-state index is 5.65. The van der Waals surface area contributed by atoms with Crippen molar-refractivity contribution in [1.82, 2.24) is 4.90 Å². The van der Waals surface area contributed by atoms with E-state index < -0.39 is 0 Å². The lowest BCUT2D eigenvalue weighted by Crippen LogP contribution is -2.32. The Morgan fingerprint density at radius 3 is 2.42 bits per heavy atom. The van der Waals surface area contributed by atoms with Crippen LogP contribution in [0.25, 0.3) is 0 Å². The molecular weight excluding hydrogens is 152 g/mol. The molecule has 2 N–H and O–H groups in total. The molecule has 0 aliphatic heterocycles. The standard InChI is InChI=1S/C9H22N2O/c1-8(10)5-6-11(3)7-9(2)12-4/h8-9H,5-7,10H2,1-4H3. The second-order valence-corrected chi connectivity index (χ2v) is 3.57. The highest BCUT2D eigenvalue weighted by molar-refractivity contribution is 4.61. The van der Waals surface area contributed by atoms with E-state index in [-0.39, 0.29) is 0 Å². The molecule has 0 fully saturated rings. The van der Waals surface area contributed by atoms with Crippen molar-refractivity contribution in [1.29, 1.82) is 0 Å². The zero-order valence-corrected chi connectivity index (χ0v) is 8.71. The normalized spacial score (nSPS) is 16.5. The highest BCUT2D eigenvalue weighted by Gasteiger charge is 2.05. The van der Waals surface area contributed by atoms with Crippen LogP contribution in [0.15, 0.2) is 0 Å². The van der Waals surface area contributed by atoms with Crippen molar-refractivity contribution in [3.8, 4) is 0 Å². The number of likely N-dealkylation sites (N-methyl/N-ethyl adjacent to an activating group) is 1. The first kappa shape index (κ1) is 11.9. The van der Waals surface area contributed by atoms with Crippen LogP contribution in [0.1, 0.15) is 20.3 Å². The molecule has 2 atom stereocenters. The lowest BCUT2D eigenvalue weighted by Gasteiger charge is -2.20. The molecule has 0 heterocycles. The molecule has 0 radical (unpaired) electrons. The molecule has 0 spiro atoms.